The average Bonchev–Trinajstić information content (AvgIpc) is 3.35. The quantitative estimate of drug-likeness (QED) is 0.624. The largest absolute Gasteiger partial charge is 0.454 e. The molecule has 0 atom stereocenters. The highest BCUT2D eigenvalue weighted by atomic mass is 79.9. The lowest BCUT2D eigenvalue weighted by atomic mass is 10.1. The molecule has 4 rings (SSSR count). The maximum absolute atomic E-state index is 12.6. The van der Waals surface area contributed by atoms with Crippen LogP contribution in [0.5, 0.6) is 11.5 Å². The zero-order valence-electron chi connectivity index (χ0n) is 14.5. The lowest BCUT2D eigenvalue weighted by Gasteiger charge is -2.11. The Hall–Kier alpha value is -3.26. The smallest absolute Gasteiger partial charge is 0.291 e. The molecule has 3 aromatic rings. The summed E-state index contributed by atoms with van der Waals surface area (Å²) in [4.78, 5) is 25.0. The third-order valence-electron chi connectivity index (χ3n) is 4.11. The zero-order valence-corrected chi connectivity index (χ0v) is 16.1. The minimum atomic E-state index is -0.443. The standard InChI is InChI=1S/C20H15BrN2O5/c21-18-8-7-16(28-18)20(25)23-14-4-2-1-3-13(14)19(24)22-10-12-5-6-15-17(9-12)27-11-26-15/h1-9H,10-11H2,(H,22,24)(H,23,25). The second-order valence-corrected chi connectivity index (χ2v) is 6.76. The van der Waals surface area contributed by atoms with E-state index in [0.717, 1.165) is 5.56 Å². The maximum Gasteiger partial charge on any atom is 0.291 e. The Kier molecular flexibility index (Phi) is 5.03. The Bertz CT molecular complexity index is 1050. The number of nitrogens with one attached hydrogen (secondary N) is 2. The van der Waals surface area contributed by atoms with Gasteiger partial charge in [-0.3, -0.25) is 9.59 Å². The predicted molar refractivity (Wildman–Crippen MR) is 105 cm³/mol. The van der Waals surface area contributed by atoms with Gasteiger partial charge >= 0.3 is 0 Å². The molecule has 2 N–H and O–H groups in total. The monoisotopic (exact) mass is 442 g/mol. The highest BCUT2D eigenvalue weighted by Crippen LogP contribution is 2.32. The molecule has 28 heavy (non-hydrogen) atoms. The summed E-state index contributed by atoms with van der Waals surface area (Å²) >= 11 is 3.16. The average molecular weight is 443 g/mol. The molecule has 142 valence electrons. The number of hydrogen-bond acceptors (Lipinski definition) is 5. The van der Waals surface area contributed by atoms with E-state index in [-0.39, 0.29) is 18.5 Å². The van der Waals surface area contributed by atoms with Crippen molar-refractivity contribution in [3.63, 3.8) is 0 Å². The van der Waals surface area contributed by atoms with Gasteiger partial charge in [0.05, 0.1) is 11.3 Å². The van der Waals surface area contributed by atoms with Gasteiger partial charge in [-0.15, -0.1) is 0 Å². The molecule has 1 aliphatic heterocycles. The van der Waals surface area contributed by atoms with Crippen LogP contribution in [0.25, 0.3) is 0 Å². The molecule has 0 spiro atoms. The maximum atomic E-state index is 12.6. The lowest BCUT2D eigenvalue weighted by molar-refractivity contribution is 0.0951. The molecule has 0 aliphatic carbocycles. The highest BCUT2D eigenvalue weighted by Gasteiger charge is 2.17. The van der Waals surface area contributed by atoms with E-state index in [9.17, 15) is 9.59 Å². The van der Waals surface area contributed by atoms with Crippen molar-refractivity contribution in [2.75, 3.05) is 12.1 Å². The van der Waals surface area contributed by atoms with Crippen molar-refractivity contribution >= 4 is 33.4 Å². The second-order valence-electron chi connectivity index (χ2n) is 5.97. The van der Waals surface area contributed by atoms with Gasteiger partial charge < -0.3 is 24.5 Å². The van der Waals surface area contributed by atoms with E-state index in [1.54, 1.807) is 42.5 Å². The summed E-state index contributed by atoms with van der Waals surface area (Å²) in [6.07, 6.45) is 0. The van der Waals surface area contributed by atoms with Gasteiger partial charge in [-0.25, -0.2) is 0 Å². The Morgan fingerprint density at radius 3 is 2.61 bits per heavy atom. The first-order chi connectivity index (χ1) is 13.6. The normalized spacial score (nSPS) is 11.9. The Morgan fingerprint density at radius 2 is 1.79 bits per heavy atom. The molecule has 1 aromatic heterocycles. The van der Waals surface area contributed by atoms with Crippen molar-refractivity contribution in [3.05, 3.63) is 76.2 Å². The SMILES string of the molecule is O=C(Nc1ccccc1C(=O)NCc1ccc2c(c1)OCO2)c1ccc(Br)o1. The summed E-state index contributed by atoms with van der Waals surface area (Å²) < 4.78 is 16.3. The predicted octanol–water partition coefficient (Wildman–Crippen LogP) is 3.95. The minimum Gasteiger partial charge on any atom is -0.454 e. The summed E-state index contributed by atoms with van der Waals surface area (Å²) in [6, 6.07) is 15.4. The van der Waals surface area contributed by atoms with Crippen molar-refractivity contribution in [3.8, 4) is 11.5 Å². The van der Waals surface area contributed by atoms with Gasteiger partial charge in [0.1, 0.15) is 0 Å². The van der Waals surface area contributed by atoms with Gasteiger partial charge in [0.15, 0.2) is 21.9 Å². The number of furan rings is 1. The van der Waals surface area contributed by atoms with Crippen molar-refractivity contribution in [1.82, 2.24) is 5.32 Å². The van der Waals surface area contributed by atoms with Crippen molar-refractivity contribution in [2.45, 2.75) is 6.54 Å². The fourth-order valence-electron chi connectivity index (χ4n) is 2.74. The number of rotatable bonds is 5. The first-order valence-electron chi connectivity index (χ1n) is 8.42. The van der Waals surface area contributed by atoms with Gasteiger partial charge in [0.25, 0.3) is 11.8 Å². The number of fused-ring (bicyclic) bond motifs is 1. The van der Waals surface area contributed by atoms with Crippen molar-refractivity contribution in [1.29, 1.82) is 0 Å². The molecule has 0 unspecified atom stereocenters. The molecule has 2 aromatic carbocycles. The molecular weight excluding hydrogens is 428 g/mol. The van der Waals surface area contributed by atoms with E-state index >= 15 is 0 Å². The van der Waals surface area contributed by atoms with Crippen LogP contribution in [0.4, 0.5) is 5.69 Å². The molecular formula is C20H15BrN2O5. The first-order valence-corrected chi connectivity index (χ1v) is 9.22. The van der Waals surface area contributed by atoms with Crippen LogP contribution >= 0.6 is 15.9 Å². The topological polar surface area (TPSA) is 89.8 Å². The summed E-state index contributed by atoms with van der Waals surface area (Å²) in [6.45, 7) is 0.507. The molecule has 0 bridgehead atoms. The van der Waals surface area contributed by atoms with Crippen LogP contribution in [0.1, 0.15) is 26.5 Å². The molecule has 2 amide bonds. The first kappa shape index (κ1) is 18.1. The second kappa shape index (κ2) is 7.77. The van der Waals surface area contributed by atoms with Crippen LogP contribution in [-0.2, 0) is 6.54 Å². The Balaban J connectivity index is 1.45. The number of ether oxygens (including phenoxy) is 2. The minimum absolute atomic E-state index is 0.141. The van der Waals surface area contributed by atoms with Gasteiger partial charge in [0, 0.05) is 6.54 Å². The molecule has 1 aliphatic rings. The van der Waals surface area contributed by atoms with Crippen LogP contribution in [0.2, 0.25) is 0 Å². The molecule has 2 heterocycles. The molecule has 0 radical (unpaired) electrons. The molecule has 8 heteroatoms. The zero-order chi connectivity index (χ0) is 19.5. The fraction of sp³-hybridized carbons (Fsp3) is 0.100. The van der Waals surface area contributed by atoms with Gasteiger partial charge in [-0.05, 0) is 57.9 Å². The van der Waals surface area contributed by atoms with E-state index in [4.69, 9.17) is 13.9 Å². The van der Waals surface area contributed by atoms with E-state index in [2.05, 4.69) is 26.6 Å². The van der Waals surface area contributed by atoms with Crippen LogP contribution in [-0.4, -0.2) is 18.6 Å². The number of halogens is 1. The van der Waals surface area contributed by atoms with Gasteiger partial charge in [-0.2, -0.15) is 0 Å². The Morgan fingerprint density at radius 1 is 0.964 bits per heavy atom. The van der Waals surface area contributed by atoms with E-state index in [0.29, 0.717) is 34.0 Å². The third-order valence-corrected chi connectivity index (χ3v) is 4.53. The number of benzene rings is 2. The van der Waals surface area contributed by atoms with Crippen LogP contribution in [0.3, 0.4) is 0 Å². The van der Waals surface area contributed by atoms with Gasteiger partial charge in [-0.1, -0.05) is 18.2 Å². The van der Waals surface area contributed by atoms with Crippen molar-refractivity contribution in [2.24, 2.45) is 0 Å². The highest BCUT2D eigenvalue weighted by molar-refractivity contribution is 9.10. The summed E-state index contributed by atoms with van der Waals surface area (Å²) in [7, 11) is 0. The lowest BCUT2D eigenvalue weighted by Crippen LogP contribution is -2.24. The van der Waals surface area contributed by atoms with Crippen molar-refractivity contribution < 1.29 is 23.5 Å². The van der Waals surface area contributed by atoms with E-state index < -0.39 is 5.91 Å². The number of amides is 2. The molecule has 0 saturated carbocycles. The number of carbonyl (C=O) groups is 2. The molecule has 7 nitrogen and oxygen atoms in total. The summed E-state index contributed by atoms with van der Waals surface area (Å²) in [5.41, 5.74) is 1.62. The van der Waals surface area contributed by atoms with E-state index in [1.807, 2.05) is 12.1 Å². The van der Waals surface area contributed by atoms with Crippen LogP contribution in [0.15, 0.2) is 63.7 Å². The van der Waals surface area contributed by atoms with Crippen LogP contribution in [0, 0.1) is 0 Å². The molecule has 0 saturated heterocycles. The summed E-state index contributed by atoms with van der Waals surface area (Å²) in [5.74, 6) is 0.732. The third kappa shape index (κ3) is 3.86. The fourth-order valence-corrected chi connectivity index (χ4v) is 3.05. The number of hydrogen-bond donors (Lipinski definition) is 2. The summed E-state index contributed by atoms with van der Waals surface area (Å²) in [5, 5.41) is 5.55. The van der Waals surface area contributed by atoms with Crippen LogP contribution < -0.4 is 20.1 Å². The van der Waals surface area contributed by atoms with E-state index in [1.165, 1.54) is 0 Å². The molecule has 0 fully saturated rings. The number of para-hydroxylation sites is 1. The number of anilines is 1. The Labute approximate surface area is 168 Å². The van der Waals surface area contributed by atoms with Gasteiger partial charge in [0.2, 0.25) is 6.79 Å². The number of carbonyl (C=O) groups excluding carboxylic acids is 2.